The largest absolute Gasteiger partial charge is 0.293 e. The SMILES string of the molecule is Cc1[nH]n2c(=O)cc(-c3ccc(F)cc3F)nc2c1-c1ccc(F)cc1F.[Na]. The van der Waals surface area contributed by atoms with Crippen molar-refractivity contribution in [2.75, 3.05) is 0 Å². The maximum atomic E-state index is 14.3. The van der Waals surface area contributed by atoms with Gasteiger partial charge in [0.05, 0.1) is 5.69 Å². The van der Waals surface area contributed by atoms with Gasteiger partial charge in [0.1, 0.15) is 23.3 Å². The molecular weight excluding hydrogens is 385 g/mol. The van der Waals surface area contributed by atoms with Gasteiger partial charge in [-0.25, -0.2) is 27.1 Å². The van der Waals surface area contributed by atoms with Crippen molar-refractivity contribution >= 4 is 35.2 Å². The Bertz CT molecular complexity index is 1270. The normalized spacial score (nSPS) is 10.9. The number of benzene rings is 2. The first-order valence-electron chi connectivity index (χ1n) is 7.88. The maximum Gasteiger partial charge on any atom is 0.273 e. The number of aromatic amines is 1. The number of rotatable bonds is 2. The van der Waals surface area contributed by atoms with E-state index in [1.54, 1.807) is 6.92 Å². The smallest absolute Gasteiger partial charge is 0.273 e. The van der Waals surface area contributed by atoms with Crippen LogP contribution in [-0.2, 0) is 0 Å². The van der Waals surface area contributed by atoms with Crippen LogP contribution in [-0.4, -0.2) is 44.2 Å². The van der Waals surface area contributed by atoms with Crippen LogP contribution in [0.15, 0.2) is 47.3 Å². The van der Waals surface area contributed by atoms with E-state index in [1.165, 1.54) is 12.1 Å². The molecule has 0 aliphatic carbocycles. The molecule has 0 unspecified atom stereocenters. The molecule has 4 rings (SSSR count). The zero-order valence-electron chi connectivity index (χ0n) is 14.9. The molecule has 4 aromatic rings. The minimum Gasteiger partial charge on any atom is -0.293 e. The first kappa shape index (κ1) is 20.3. The summed E-state index contributed by atoms with van der Waals surface area (Å²) < 4.78 is 55.9. The molecule has 2 heterocycles. The summed E-state index contributed by atoms with van der Waals surface area (Å²) in [5.41, 5.74) is 0.0903. The van der Waals surface area contributed by atoms with E-state index in [9.17, 15) is 22.4 Å². The Kier molecular flexibility index (Phi) is 5.47. The number of fused-ring (bicyclic) bond motifs is 1. The number of aryl methyl sites for hydroxylation is 1. The van der Waals surface area contributed by atoms with Gasteiger partial charge in [-0.3, -0.25) is 9.89 Å². The second-order valence-electron chi connectivity index (χ2n) is 6.00. The monoisotopic (exact) mass is 396 g/mol. The molecule has 28 heavy (non-hydrogen) atoms. The van der Waals surface area contributed by atoms with Crippen molar-refractivity contribution in [1.29, 1.82) is 0 Å². The van der Waals surface area contributed by atoms with Gasteiger partial charge in [-0.15, -0.1) is 0 Å². The predicted molar refractivity (Wildman–Crippen MR) is 97.0 cm³/mol. The molecule has 0 saturated heterocycles. The summed E-state index contributed by atoms with van der Waals surface area (Å²) in [5, 5.41) is 2.77. The van der Waals surface area contributed by atoms with Crippen molar-refractivity contribution < 1.29 is 17.6 Å². The van der Waals surface area contributed by atoms with E-state index in [1.807, 2.05) is 0 Å². The van der Waals surface area contributed by atoms with Gasteiger partial charge in [0.15, 0.2) is 5.65 Å². The molecule has 4 nitrogen and oxygen atoms in total. The van der Waals surface area contributed by atoms with E-state index < -0.39 is 28.8 Å². The molecule has 1 N–H and O–H groups in total. The van der Waals surface area contributed by atoms with E-state index in [-0.39, 0.29) is 57.6 Å². The van der Waals surface area contributed by atoms with Crippen molar-refractivity contribution in [3.8, 4) is 22.4 Å². The Hall–Kier alpha value is -2.42. The molecule has 0 saturated carbocycles. The summed E-state index contributed by atoms with van der Waals surface area (Å²) in [5.74, 6) is -3.21. The second-order valence-corrected chi connectivity index (χ2v) is 6.00. The standard InChI is InChI=1S/C19H11F4N3O.Na/c1-9-18(13-5-3-11(21)7-15(13)23)19-24-16(8-17(27)26(19)25-9)12-4-2-10(20)6-14(12)22;/h2-8,25H,1H3;. The summed E-state index contributed by atoms with van der Waals surface area (Å²) in [6, 6.07) is 7.03. The number of hydrogen-bond donors (Lipinski definition) is 1. The minimum absolute atomic E-state index is 0. The summed E-state index contributed by atoms with van der Waals surface area (Å²) in [4.78, 5) is 16.7. The summed E-state index contributed by atoms with van der Waals surface area (Å²) in [6.45, 7) is 1.60. The predicted octanol–water partition coefficient (Wildman–Crippen LogP) is 3.84. The van der Waals surface area contributed by atoms with Gasteiger partial charge in [0, 0.05) is 70.1 Å². The molecule has 9 heteroatoms. The van der Waals surface area contributed by atoms with Crippen molar-refractivity contribution in [3.05, 3.63) is 81.8 Å². The van der Waals surface area contributed by atoms with Crippen LogP contribution < -0.4 is 5.56 Å². The summed E-state index contributed by atoms with van der Waals surface area (Å²) in [7, 11) is 0. The van der Waals surface area contributed by atoms with Crippen LogP contribution in [0.25, 0.3) is 28.0 Å². The van der Waals surface area contributed by atoms with Gasteiger partial charge >= 0.3 is 0 Å². The van der Waals surface area contributed by atoms with Gasteiger partial charge in [0.25, 0.3) is 5.56 Å². The zero-order chi connectivity index (χ0) is 19.3. The molecule has 137 valence electrons. The third kappa shape index (κ3) is 3.39. The van der Waals surface area contributed by atoms with Crippen LogP contribution in [0.2, 0.25) is 0 Å². The molecule has 0 aliphatic heterocycles. The molecule has 0 aliphatic rings. The van der Waals surface area contributed by atoms with Gasteiger partial charge in [-0.2, -0.15) is 0 Å². The molecule has 0 bridgehead atoms. The number of hydrogen-bond acceptors (Lipinski definition) is 2. The second kappa shape index (κ2) is 7.54. The molecule has 2 aromatic carbocycles. The van der Waals surface area contributed by atoms with Crippen LogP contribution in [0.3, 0.4) is 0 Å². The third-order valence-corrected chi connectivity index (χ3v) is 4.20. The minimum atomic E-state index is -0.881. The fourth-order valence-corrected chi connectivity index (χ4v) is 3.00. The maximum absolute atomic E-state index is 14.3. The van der Waals surface area contributed by atoms with Crippen molar-refractivity contribution in [1.82, 2.24) is 14.6 Å². The number of nitrogens with one attached hydrogen (secondary N) is 1. The van der Waals surface area contributed by atoms with Crippen LogP contribution in [0.5, 0.6) is 0 Å². The molecule has 0 fully saturated rings. The van der Waals surface area contributed by atoms with Crippen LogP contribution >= 0.6 is 0 Å². The molecule has 0 spiro atoms. The van der Waals surface area contributed by atoms with Crippen molar-refractivity contribution in [3.63, 3.8) is 0 Å². The van der Waals surface area contributed by atoms with Crippen LogP contribution in [0.1, 0.15) is 5.69 Å². The Morgan fingerprint density at radius 3 is 2.04 bits per heavy atom. The Labute approximate surface area is 178 Å². The van der Waals surface area contributed by atoms with E-state index in [0.29, 0.717) is 11.8 Å². The van der Waals surface area contributed by atoms with Gasteiger partial charge in [-0.1, -0.05) is 0 Å². The molecule has 0 amide bonds. The van der Waals surface area contributed by atoms with Crippen LogP contribution in [0, 0.1) is 30.2 Å². The number of nitrogens with zero attached hydrogens (tertiary/aromatic N) is 2. The van der Waals surface area contributed by atoms with Crippen LogP contribution in [0.4, 0.5) is 17.6 Å². The van der Waals surface area contributed by atoms with Gasteiger partial charge in [0.2, 0.25) is 0 Å². The van der Waals surface area contributed by atoms with E-state index in [2.05, 4.69) is 10.1 Å². The molecule has 2 aromatic heterocycles. The van der Waals surface area contributed by atoms with E-state index in [4.69, 9.17) is 0 Å². The first-order chi connectivity index (χ1) is 12.8. The molecule has 0 atom stereocenters. The van der Waals surface area contributed by atoms with E-state index in [0.717, 1.165) is 28.8 Å². The van der Waals surface area contributed by atoms with Gasteiger partial charge < -0.3 is 0 Å². The Balaban J connectivity index is 0.00000225. The number of aromatic nitrogens is 3. The number of H-pyrrole nitrogens is 1. The average Bonchev–Trinajstić information content (AvgIpc) is 2.92. The number of halogens is 4. The molecular formula is C19H11F4N3NaO. The van der Waals surface area contributed by atoms with E-state index >= 15 is 0 Å². The molecule has 1 radical (unpaired) electrons. The van der Waals surface area contributed by atoms with Gasteiger partial charge in [-0.05, 0) is 31.2 Å². The average molecular weight is 396 g/mol. The Morgan fingerprint density at radius 2 is 1.46 bits per heavy atom. The first-order valence-corrected chi connectivity index (χ1v) is 7.88. The van der Waals surface area contributed by atoms with Crippen molar-refractivity contribution in [2.24, 2.45) is 0 Å². The topological polar surface area (TPSA) is 50.2 Å². The fourth-order valence-electron chi connectivity index (χ4n) is 3.00. The quantitative estimate of drug-likeness (QED) is 0.414. The summed E-state index contributed by atoms with van der Waals surface area (Å²) in [6.07, 6.45) is 0. The fraction of sp³-hybridized carbons (Fsp3) is 0.0526. The van der Waals surface area contributed by atoms with Crippen molar-refractivity contribution in [2.45, 2.75) is 6.92 Å². The third-order valence-electron chi connectivity index (χ3n) is 4.20. The Morgan fingerprint density at radius 1 is 0.893 bits per heavy atom. The zero-order valence-corrected chi connectivity index (χ0v) is 16.9. The summed E-state index contributed by atoms with van der Waals surface area (Å²) >= 11 is 0.